The summed E-state index contributed by atoms with van der Waals surface area (Å²) in [6.07, 6.45) is 1.05. The third-order valence-electron chi connectivity index (χ3n) is 4.74. The minimum Gasteiger partial charge on any atom is -0.360 e. The highest BCUT2D eigenvalue weighted by molar-refractivity contribution is 7.94. The van der Waals surface area contributed by atoms with Gasteiger partial charge in [0.15, 0.2) is 5.03 Å². The van der Waals surface area contributed by atoms with Crippen LogP contribution in [0.25, 0.3) is 0 Å². The zero-order valence-corrected chi connectivity index (χ0v) is 19.1. The summed E-state index contributed by atoms with van der Waals surface area (Å²) in [4.78, 5) is 6.13. The number of thiazole rings is 1. The van der Waals surface area contributed by atoms with E-state index in [4.69, 9.17) is 11.6 Å². The predicted octanol–water partition coefficient (Wildman–Crippen LogP) is 3.91. The van der Waals surface area contributed by atoms with Crippen LogP contribution in [0.3, 0.4) is 0 Å². The maximum absolute atomic E-state index is 13.3. The lowest BCUT2D eigenvalue weighted by Crippen LogP contribution is -2.38. The van der Waals surface area contributed by atoms with E-state index in [1.165, 1.54) is 31.2 Å². The van der Waals surface area contributed by atoms with Gasteiger partial charge in [0.25, 0.3) is 0 Å². The van der Waals surface area contributed by atoms with Gasteiger partial charge in [-0.15, -0.1) is 0 Å². The summed E-state index contributed by atoms with van der Waals surface area (Å²) in [5, 5.41) is 0.638. The first kappa shape index (κ1) is 21.5. The van der Waals surface area contributed by atoms with E-state index in [0.29, 0.717) is 34.9 Å². The zero-order chi connectivity index (χ0) is 20.7. The van der Waals surface area contributed by atoms with Crippen LogP contribution < -0.4 is 4.90 Å². The van der Waals surface area contributed by atoms with E-state index in [0.717, 1.165) is 17.8 Å². The van der Waals surface area contributed by atoms with Gasteiger partial charge in [-0.1, -0.05) is 43.7 Å². The molecule has 154 valence electrons. The molecule has 0 bridgehead atoms. The van der Waals surface area contributed by atoms with E-state index < -0.39 is 19.7 Å². The molecule has 2 unspecified atom stereocenters. The highest BCUT2D eigenvalue weighted by Crippen LogP contribution is 2.40. The van der Waals surface area contributed by atoms with E-state index in [2.05, 4.69) is 18.8 Å². The van der Waals surface area contributed by atoms with Gasteiger partial charge >= 0.3 is 0 Å². The first-order chi connectivity index (χ1) is 13.0. The Morgan fingerprint density at radius 2 is 1.68 bits per heavy atom. The second-order valence-electron chi connectivity index (χ2n) is 7.30. The number of halogens is 1. The molecule has 2 heterocycles. The maximum Gasteiger partial charge on any atom is 0.226 e. The summed E-state index contributed by atoms with van der Waals surface area (Å²) in [7, 11) is -7.60. The molecule has 1 saturated heterocycles. The predicted molar refractivity (Wildman–Crippen MR) is 112 cm³/mol. The normalized spacial score (nSPS) is 21.1. The van der Waals surface area contributed by atoms with Gasteiger partial charge in [0.2, 0.25) is 24.0 Å². The van der Waals surface area contributed by atoms with Gasteiger partial charge in [-0.2, -0.15) is 0 Å². The molecule has 6 nitrogen and oxygen atoms in total. The van der Waals surface area contributed by atoms with Crippen LogP contribution in [0.15, 0.2) is 38.5 Å². The number of anilines is 1. The molecule has 1 aliphatic heterocycles. The topological polar surface area (TPSA) is 84.4 Å². The van der Waals surface area contributed by atoms with Gasteiger partial charge in [0.1, 0.15) is 5.00 Å². The SMILES string of the molecule is CCS(=O)(=O)c1nc(S(=O)(=O)c2ccc(Cl)cc2)c(N2CC(C)CC(C)C2)s1. The smallest absolute Gasteiger partial charge is 0.226 e. The zero-order valence-electron chi connectivity index (χ0n) is 15.9. The van der Waals surface area contributed by atoms with Crippen LogP contribution in [0, 0.1) is 11.8 Å². The number of sulfone groups is 2. The molecule has 1 aromatic carbocycles. The molecule has 3 rings (SSSR count). The molecule has 0 radical (unpaired) electrons. The third-order valence-corrected chi connectivity index (χ3v) is 10.1. The first-order valence-corrected chi connectivity index (χ1v) is 13.4. The molecule has 28 heavy (non-hydrogen) atoms. The van der Waals surface area contributed by atoms with Crippen LogP contribution >= 0.6 is 22.9 Å². The molecule has 0 spiro atoms. The van der Waals surface area contributed by atoms with E-state index >= 15 is 0 Å². The Bertz CT molecular complexity index is 1050. The molecule has 1 fully saturated rings. The van der Waals surface area contributed by atoms with Crippen LogP contribution in [0.5, 0.6) is 0 Å². The number of nitrogens with zero attached hydrogens (tertiary/aromatic N) is 2. The van der Waals surface area contributed by atoms with Gasteiger partial charge in [-0.05, 0) is 42.5 Å². The van der Waals surface area contributed by atoms with Gasteiger partial charge in [-0.25, -0.2) is 21.8 Å². The number of rotatable bonds is 5. The lowest BCUT2D eigenvalue weighted by atomic mass is 9.92. The van der Waals surface area contributed by atoms with Crippen molar-refractivity contribution in [2.45, 2.75) is 41.5 Å². The van der Waals surface area contributed by atoms with Gasteiger partial charge in [-0.3, -0.25) is 0 Å². The molecule has 0 aliphatic carbocycles. The number of hydrogen-bond donors (Lipinski definition) is 0. The molecule has 10 heteroatoms. The van der Waals surface area contributed by atoms with E-state index in [-0.39, 0.29) is 20.0 Å². The van der Waals surface area contributed by atoms with Crippen LogP contribution in [-0.4, -0.2) is 40.7 Å². The molecule has 0 saturated carbocycles. The average molecular weight is 463 g/mol. The van der Waals surface area contributed by atoms with E-state index in [1.54, 1.807) is 0 Å². The summed E-state index contributed by atoms with van der Waals surface area (Å²) < 4.78 is 51.2. The fraction of sp³-hybridized carbons (Fsp3) is 0.500. The summed E-state index contributed by atoms with van der Waals surface area (Å²) >= 11 is 6.83. The molecule has 2 aromatic rings. The third kappa shape index (κ3) is 4.22. The van der Waals surface area contributed by atoms with Gasteiger partial charge < -0.3 is 4.90 Å². The van der Waals surface area contributed by atoms with Crippen molar-refractivity contribution in [3.05, 3.63) is 29.3 Å². The molecular weight excluding hydrogens is 440 g/mol. The Morgan fingerprint density at radius 3 is 2.21 bits per heavy atom. The van der Waals surface area contributed by atoms with Crippen molar-refractivity contribution >= 4 is 47.6 Å². The fourth-order valence-electron chi connectivity index (χ4n) is 3.47. The lowest BCUT2D eigenvalue weighted by Gasteiger charge is -2.35. The van der Waals surface area contributed by atoms with Crippen LogP contribution in [0.1, 0.15) is 27.2 Å². The van der Waals surface area contributed by atoms with Gasteiger partial charge in [0, 0.05) is 18.1 Å². The van der Waals surface area contributed by atoms with E-state index in [9.17, 15) is 16.8 Å². The molecule has 0 N–H and O–H groups in total. The minimum absolute atomic E-state index is 0.0435. The lowest BCUT2D eigenvalue weighted by molar-refractivity contribution is 0.357. The standard InChI is InChI=1S/C18H23ClN2O4S3/c1-4-27(22,23)18-20-16(28(24,25)15-7-5-14(19)6-8-15)17(26-18)21-10-12(2)9-13(3)11-21/h5-8,12-13H,4,9-11H2,1-3H3. The largest absolute Gasteiger partial charge is 0.360 e. The summed E-state index contributed by atoms with van der Waals surface area (Å²) in [5.74, 6) is 0.624. The van der Waals surface area contributed by atoms with Crippen LogP contribution in [-0.2, 0) is 19.7 Å². The second-order valence-corrected chi connectivity index (χ2v) is 13.0. The molecule has 2 atom stereocenters. The monoisotopic (exact) mass is 462 g/mol. The van der Waals surface area contributed by atoms with Crippen molar-refractivity contribution in [2.24, 2.45) is 11.8 Å². The molecule has 1 aromatic heterocycles. The van der Waals surface area contributed by atoms with Crippen molar-refractivity contribution in [3.63, 3.8) is 0 Å². The van der Waals surface area contributed by atoms with Crippen LogP contribution in [0.2, 0.25) is 5.02 Å². The Balaban J connectivity index is 2.17. The maximum atomic E-state index is 13.3. The molecule has 1 aliphatic rings. The Hall–Kier alpha value is -1.16. The molecular formula is C18H23ClN2O4S3. The average Bonchev–Trinajstić information content (AvgIpc) is 3.08. The minimum atomic E-state index is -3.98. The van der Waals surface area contributed by atoms with Gasteiger partial charge in [0.05, 0.1) is 10.6 Å². The summed E-state index contributed by atoms with van der Waals surface area (Å²) in [5.41, 5.74) is 0. The highest BCUT2D eigenvalue weighted by Gasteiger charge is 2.34. The Morgan fingerprint density at radius 1 is 1.11 bits per heavy atom. The number of aromatic nitrogens is 1. The quantitative estimate of drug-likeness (QED) is 0.669. The highest BCUT2D eigenvalue weighted by atomic mass is 35.5. The van der Waals surface area contributed by atoms with E-state index in [1.807, 2.05) is 4.90 Å². The summed E-state index contributed by atoms with van der Waals surface area (Å²) in [6.45, 7) is 7.08. The van der Waals surface area contributed by atoms with Crippen molar-refractivity contribution in [2.75, 3.05) is 23.7 Å². The van der Waals surface area contributed by atoms with Crippen molar-refractivity contribution < 1.29 is 16.8 Å². The second kappa shape index (κ2) is 7.93. The first-order valence-electron chi connectivity index (χ1n) is 9.03. The Labute approximate surface area is 175 Å². The number of hydrogen-bond acceptors (Lipinski definition) is 7. The van der Waals surface area contributed by atoms with Crippen molar-refractivity contribution in [1.82, 2.24) is 4.98 Å². The number of piperidine rings is 1. The number of benzene rings is 1. The summed E-state index contributed by atoms with van der Waals surface area (Å²) in [6, 6.07) is 5.82. The van der Waals surface area contributed by atoms with Crippen molar-refractivity contribution in [3.8, 4) is 0 Å². The Kier molecular flexibility index (Phi) is 6.10. The fourth-order valence-corrected chi connectivity index (χ4v) is 7.74. The molecule has 0 amide bonds. The van der Waals surface area contributed by atoms with Crippen LogP contribution in [0.4, 0.5) is 5.00 Å². The van der Waals surface area contributed by atoms with Crippen molar-refractivity contribution in [1.29, 1.82) is 0 Å².